The van der Waals surface area contributed by atoms with Gasteiger partial charge in [-0.25, -0.2) is 9.78 Å². The molecular formula is C12H13FN2O4. The van der Waals surface area contributed by atoms with E-state index in [2.05, 4.69) is 4.98 Å². The summed E-state index contributed by atoms with van der Waals surface area (Å²) in [7, 11) is 0. The van der Waals surface area contributed by atoms with Gasteiger partial charge in [-0.15, -0.1) is 0 Å². The summed E-state index contributed by atoms with van der Waals surface area (Å²) in [4.78, 5) is 25.5. The van der Waals surface area contributed by atoms with E-state index in [9.17, 15) is 14.0 Å². The average molecular weight is 268 g/mol. The van der Waals surface area contributed by atoms with E-state index in [4.69, 9.17) is 9.84 Å². The second-order valence-electron chi connectivity index (χ2n) is 4.25. The summed E-state index contributed by atoms with van der Waals surface area (Å²) in [6, 6.07) is 0. The molecule has 1 aliphatic heterocycles. The number of aldehydes is 1. The number of aromatic nitrogens is 2. The molecule has 102 valence electrons. The molecule has 0 saturated carbocycles. The Morgan fingerprint density at radius 3 is 2.84 bits per heavy atom. The van der Waals surface area contributed by atoms with Gasteiger partial charge < -0.3 is 14.4 Å². The van der Waals surface area contributed by atoms with Crippen LogP contribution in [0.2, 0.25) is 0 Å². The van der Waals surface area contributed by atoms with Gasteiger partial charge in [-0.05, 0) is 13.3 Å². The van der Waals surface area contributed by atoms with Crippen molar-refractivity contribution in [3.05, 3.63) is 23.0 Å². The topological polar surface area (TPSA) is 81.4 Å². The van der Waals surface area contributed by atoms with Crippen LogP contribution in [-0.4, -0.2) is 39.6 Å². The molecule has 0 aliphatic carbocycles. The van der Waals surface area contributed by atoms with Gasteiger partial charge in [0.2, 0.25) is 5.83 Å². The highest BCUT2D eigenvalue weighted by Gasteiger charge is 2.23. The number of ether oxygens (including phenoxy) is 1. The minimum absolute atomic E-state index is 0.0488. The SMILES string of the molecule is Cc1nc(C=O)n(CC2CCO2)c1/C=C(/F)C(=O)O. The van der Waals surface area contributed by atoms with E-state index in [0.29, 0.717) is 25.1 Å². The molecule has 1 aliphatic rings. The number of nitrogens with zero attached hydrogens (tertiary/aromatic N) is 2. The van der Waals surface area contributed by atoms with Gasteiger partial charge in [0.05, 0.1) is 24.0 Å². The number of hydrogen-bond acceptors (Lipinski definition) is 4. The molecule has 1 aromatic heterocycles. The van der Waals surface area contributed by atoms with E-state index < -0.39 is 11.8 Å². The first-order chi connectivity index (χ1) is 9.02. The first-order valence-electron chi connectivity index (χ1n) is 5.77. The highest BCUT2D eigenvalue weighted by Crippen LogP contribution is 2.20. The number of aryl methyl sites for hydroxylation is 1. The van der Waals surface area contributed by atoms with Gasteiger partial charge in [0.1, 0.15) is 0 Å². The number of aliphatic carboxylic acids is 1. The molecule has 0 bridgehead atoms. The van der Waals surface area contributed by atoms with Crippen molar-refractivity contribution in [2.75, 3.05) is 6.61 Å². The standard InChI is InChI=1S/C12H13FN2O4/c1-7-10(4-9(13)12(17)18)15(11(6-16)14-7)5-8-2-3-19-8/h4,6,8H,2-3,5H2,1H3,(H,17,18)/b9-4+. The predicted octanol–water partition coefficient (Wildman–Crippen LogP) is 1.19. The van der Waals surface area contributed by atoms with E-state index in [1.54, 1.807) is 6.92 Å². The molecular weight excluding hydrogens is 255 g/mol. The maximum absolute atomic E-state index is 13.2. The Kier molecular flexibility index (Phi) is 3.75. The van der Waals surface area contributed by atoms with Crippen molar-refractivity contribution in [1.82, 2.24) is 9.55 Å². The van der Waals surface area contributed by atoms with Gasteiger partial charge in [-0.2, -0.15) is 4.39 Å². The molecule has 1 unspecified atom stereocenters. The third kappa shape index (κ3) is 2.70. The second kappa shape index (κ2) is 5.31. The van der Waals surface area contributed by atoms with Crippen LogP contribution in [-0.2, 0) is 16.1 Å². The third-order valence-electron chi connectivity index (χ3n) is 2.97. The van der Waals surface area contributed by atoms with Crippen LogP contribution in [0.15, 0.2) is 5.83 Å². The molecule has 2 heterocycles. The molecule has 0 radical (unpaired) electrons. The largest absolute Gasteiger partial charge is 0.476 e. The molecule has 19 heavy (non-hydrogen) atoms. The highest BCUT2D eigenvalue weighted by atomic mass is 19.1. The Labute approximate surface area is 108 Å². The van der Waals surface area contributed by atoms with Crippen molar-refractivity contribution in [1.29, 1.82) is 0 Å². The van der Waals surface area contributed by atoms with Crippen molar-refractivity contribution in [3.63, 3.8) is 0 Å². The number of rotatable bonds is 5. The molecule has 1 N–H and O–H groups in total. The summed E-state index contributed by atoms with van der Waals surface area (Å²) < 4.78 is 20.0. The smallest absolute Gasteiger partial charge is 0.364 e. The fraction of sp³-hybridized carbons (Fsp3) is 0.417. The molecule has 6 nitrogen and oxygen atoms in total. The van der Waals surface area contributed by atoms with Gasteiger partial charge in [0, 0.05) is 12.7 Å². The van der Waals surface area contributed by atoms with Crippen molar-refractivity contribution < 1.29 is 23.8 Å². The second-order valence-corrected chi connectivity index (χ2v) is 4.25. The number of imidazole rings is 1. The molecule has 1 atom stereocenters. The first kappa shape index (κ1) is 13.4. The fourth-order valence-corrected chi connectivity index (χ4v) is 1.89. The zero-order chi connectivity index (χ0) is 14.0. The number of halogens is 1. The van der Waals surface area contributed by atoms with E-state index in [0.717, 1.165) is 12.5 Å². The van der Waals surface area contributed by atoms with Crippen LogP contribution in [0.25, 0.3) is 6.08 Å². The predicted molar refractivity (Wildman–Crippen MR) is 63.4 cm³/mol. The Morgan fingerprint density at radius 2 is 2.37 bits per heavy atom. The number of carbonyl (C=O) groups is 2. The van der Waals surface area contributed by atoms with Crippen LogP contribution in [0.1, 0.15) is 28.4 Å². The molecule has 7 heteroatoms. The fourth-order valence-electron chi connectivity index (χ4n) is 1.89. The maximum Gasteiger partial charge on any atom is 0.364 e. The van der Waals surface area contributed by atoms with Gasteiger partial charge >= 0.3 is 5.97 Å². The van der Waals surface area contributed by atoms with E-state index in [1.807, 2.05) is 0 Å². The average Bonchev–Trinajstić information content (AvgIpc) is 2.60. The van der Waals surface area contributed by atoms with Crippen LogP contribution in [0.4, 0.5) is 4.39 Å². The van der Waals surface area contributed by atoms with Gasteiger partial charge in [0.15, 0.2) is 12.1 Å². The van der Waals surface area contributed by atoms with Crippen molar-refractivity contribution in [3.8, 4) is 0 Å². The number of hydrogen-bond donors (Lipinski definition) is 1. The Balaban J connectivity index is 2.39. The monoisotopic (exact) mass is 268 g/mol. The summed E-state index contributed by atoms with van der Waals surface area (Å²) in [6.07, 6.45) is 2.23. The van der Waals surface area contributed by atoms with E-state index in [1.165, 1.54) is 4.57 Å². The molecule has 1 saturated heterocycles. The van der Waals surface area contributed by atoms with Crippen molar-refractivity contribution >= 4 is 18.3 Å². The lowest BCUT2D eigenvalue weighted by atomic mass is 10.2. The summed E-state index contributed by atoms with van der Waals surface area (Å²) in [5, 5.41) is 8.56. The van der Waals surface area contributed by atoms with Crippen LogP contribution in [0, 0.1) is 6.92 Å². The lowest BCUT2D eigenvalue weighted by Gasteiger charge is -2.27. The van der Waals surface area contributed by atoms with Crippen molar-refractivity contribution in [2.24, 2.45) is 0 Å². The van der Waals surface area contributed by atoms with Crippen LogP contribution in [0.5, 0.6) is 0 Å². The molecule has 2 rings (SSSR count). The van der Waals surface area contributed by atoms with Crippen LogP contribution < -0.4 is 0 Å². The van der Waals surface area contributed by atoms with Gasteiger partial charge in [-0.1, -0.05) is 0 Å². The minimum Gasteiger partial charge on any atom is -0.476 e. The summed E-state index contributed by atoms with van der Waals surface area (Å²) in [6.45, 7) is 2.60. The van der Waals surface area contributed by atoms with Crippen molar-refractivity contribution in [2.45, 2.75) is 26.0 Å². The Morgan fingerprint density at radius 1 is 1.68 bits per heavy atom. The van der Waals surface area contributed by atoms with Gasteiger partial charge in [-0.3, -0.25) is 4.79 Å². The zero-order valence-electron chi connectivity index (χ0n) is 10.3. The molecule has 0 spiro atoms. The number of carboxylic acids is 1. The molecule has 0 aromatic carbocycles. The van der Waals surface area contributed by atoms with Crippen LogP contribution in [0.3, 0.4) is 0 Å². The maximum atomic E-state index is 13.2. The molecule has 1 fully saturated rings. The Bertz CT molecular complexity index is 546. The zero-order valence-corrected chi connectivity index (χ0v) is 10.3. The molecule has 0 amide bonds. The summed E-state index contributed by atoms with van der Waals surface area (Å²) in [5.41, 5.74) is 0.676. The lowest BCUT2D eigenvalue weighted by Crippen LogP contribution is -2.32. The van der Waals surface area contributed by atoms with Crippen LogP contribution >= 0.6 is 0 Å². The lowest BCUT2D eigenvalue weighted by molar-refractivity contribution is -0.134. The summed E-state index contributed by atoms with van der Waals surface area (Å²) >= 11 is 0. The highest BCUT2D eigenvalue weighted by molar-refractivity contribution is 5.89. The first-order valence-corrected chi connectivity index (χ1v) is 5.77. The number of carboxylic acid groups (broad SMARTS) is 1. The molecule has 1 aromatic rings. The third-order valence-corrected chi connectivity index (χ3v) is 2.97. The Hall–Kier alpha value is -2.02. The van der Waals surface area contributed by atoms with E-state index in [-0.39, 0.29) is 17.6 Å². The van der Waals surface area contributed by atoms with Gasteiger partial charge in [0.25, 0.3) is 0 Å². The minimum atomic E-state index is -1.65. The van der Waals surface area contributed by atoms with E-state index >= 15 is 0 Å². The quantitative estimate of drug-likeness (QED) is 0.640. The normalized spacial score (nSPS) is 19.1. The summed E-state index contributed by atoms with van der Waals surface area (Å²) in [5.74, 6) is -2.81. The number of carbonyl (C=O) groups excluding carboxylic acids is 1.